The van der Waals surface area contributed by atoms with Gasteiger partial charge in [0.1, 0.15) is 5.82 Å². The number of aromatic nitrogens is 2. The lowest BCUT2D eigenvalue weighted by Crippen LogP contribution is -2.16. The topological polar surface area (TPSA) is 37.8 Å². The molecule has 0 fully saturated rings. The van der Waals surface area contributed by atoms with Crippen molar-refractivity contribution in [1.29, 1.82) is 0 Å². The maximum absolute atomic E-state index is 4.71. The summed E-state index contributed by atoms with van der Waals surface area (Å²) in [6, 6.07) is 0. The molecule has 0 amide bonds. The maximum atomic E-state index is 4.71. The average molecular weight is 267 g/mol. The van der Waals surface area contributed by atoms with Gasteiger partial charge in [-0.05, 0) is 25.1 Å². The monoisotopic (exact) mass is 267 g/mol. The molecule has 0 bridgehead atoms. The van der Waals surface area contributed by atoms with Crippen molar-refractivity contribution in [2.75, 3.05) is 12.3 Å². The van der Waals surface area contributed by atoms with Crippen LogP contribution < -0.4 is 5.32 Å². The van der Waals surface area contributed by atoms with Gasteiger partial charge >= 0.3 is 0 Å². The highest BCUT2D eigenvalue weighted by molar-refractivity contribution is 7.98. The molecule has 0 saturated heterocycles. The van der Waals surface area contributed by atoms with Crippen LogP contribution in [0.2, 0.25) is 0 Å². The van der Waals surface area contributed by atoms with Crippen LogP contribution in [0, 0.1) is 0 Å². The summed E-state index contributed by atoms with van der Waals surface area (Å²) in [5.41, 5.74) is 2.48. The van der Waals surface area contributed by atoms with Crippen LogP contribution in [0.15, 0.2) is 6.20 Å². The van der Waals surface area contributed by atoms with Gasteiger partial charge in [-0.3, -0.25) is 0 Å². The number of thioether (sulfide) groups is 1. The Morgan fingerprint density at radius 3 is 2.72 bits per heavy atom. The van der Waals surface area contributed by atoms with Gasteiger partial charge < -0.3 is 5.32 Å². The lowest BCUT2D eigenvalue weighted by atomic mass is 10.1. The zero-order valence-corrected chi connectivity index (χ0v) is 12.6. The van der Waals surface area contributed by atoms with E-state index in [9.17, 15) is 0 Å². The largest absolute Gasteiger partial charge is 0.313 e. The fourth-order valence-corrected chi connectivity index (χ4v) is 2.27. The van der Waals surface area contributed by atoms with Gasteiger partial charge in [-0.2, -0.15) is 11.8 Å². The molecule has 0 saturated carbocycles. The van der Waals surface area contributed by atoms with E-state index in [4.69, 9.17) is 4.98 Å². The summed E-state index contributed by atoms with van der Waals surface area (Å²) in [6.07, 6.45) is 5.36. The first-order chi connectivity index (χ1) is 8.81. The van der Waals surface area contributed by atoms with E-state index in [1.807, 2.05) is 18.0 Å². The van der Waals surface area contributed by atoms with E-state index in [1.54, 1.807) is 0 Å². The molecule has 0 spiro atoms. The number of aryl methyl sites for hydroxylation is 1. The summed E-state index contributed by atoms with van der Waals surface area (Å²) in [7, 11) is 0. The molecule has 102 valence electrons. The molecular weight excluding hydrogens is 242 g/mol. The number of nitrogens with one attached hydrogen (secondary N) is 1. The molecule has 0 radical (unpaired) electrons. The van der Waals surface area contributed by atoms with Gasteiger partial charge in [-0.15, -0.1) is 0 Å². The summed E-state index contributed by atoms with van der Waals surface area (Å²) < 4.78 is 0. The van der Waals surface area contributed by atoms with Gasteiger partial charge in [-0.25, -0.2) is 9.97 Å². The maximum Gasteiger partial charge on any atom is 0.138 e. The van der Waals surface area contributed by atoms with Crippen LogP contribution in [-0.2, 0) is 18.7 Å². The van der Waals surface area contributed by atoms with Crippen LogP contribution in [0.3, 0.4) is 0 Å². The molecule has 1 rings (SSSR count). The fraction of sp³-hybridized carbons (Fsp3) is 0.714. The molecule has 0 aliphatic heterocycles. The van der Waals surface area contributed by atoms with E-state index in [-0.39, 0.29) is 0 Å². The molecule has 0 atom stereocenters. The minimum absolute atomic E-state index is 0.893. The lowest BCUT2D eigenvalue weighted by molar-refractivity contribution is 0.661. The van der Waals surface area contributed by atoms with Gasteiger partial charge in [0.05, 0.1) is 5.75 Å². The van der Waals surface area contributed by atoms with E-state index in [1.165, 1.54) is 11.3 Å². The molecule has 0 aliphatic carbocycles. The highest BCUT2D eigenvalue weighted by Gasteiger charge is 2.06. The van der Waals surface area contributed by atoms with Crippen molar-refractivity contribution in [1.82, 2.24) is 15.3 Å². The molecule has 0 aromatic carbocycles. The second kappa shape index (κ2) is 9.34. The SMILES string of the molecule is CCCNCc1cnc(CSCC)nc1CCC. The first-order valence-electron chi connectivity index (χ1n) is 6.93. The zero-order valence-electron chi connectivity index (χ0n) is 11.8. The third kappa shape index (κ3) is 5.36. The average Bonchev–Trinajstić information content (AvgIpc) is 2.39. The second-order valence-corrected chi connectivity index (χ2v) is 5.60. The van der Waals surface area contributed by atoms with Crippen molar-refractivity contribution in [2.45, 2.75) is 52.3 Å². The Labute approximate surface area is 115 Å². The van der Waals surface area contributed by atoms with Crippen LogP contribution in [0.1, 0.15) is 50.7 Å². The second-order valence-electron chi connectivity index (χ2n) is 4.32. The highest BCUT2D eigenvalue weighted by atomic mass is 32.2. The first kappa shape index (κ1) is 15.4. The number of nitrogens with zero attached hydrogens (tertiary/aromatic N) is 2. The quantitative estimate of drug-likeness (QED) is 0.697. The Balaban J connectivity index is 2.69. The van der Waals surface area contributed by atoms with Crippen LogP contribution in [-0.4, -0.2) is 22.3 Å². The molecule has 18 heavy (non-hydrogen) atoms. The van der Waals surface area contributed by atoms with E-state index in [0.717, 1.165) is 49.7 Å². The molecule has 0 aliphatic rings. The van der Waals surface area contributed by atoms with Crippen molar-refractivity contribution in [3.8, 4) is 0 Å². The predicted octanol–water partition coefficient (Wildman–Crippen LogP) is 3.18. The zero-order chi connectivity index (χ0) is 13.2. The minimum Gasteiger partial charge on any atom is -0.313 e. The van der Waals surface area contributed by atoms with Crippen molar-refractivity contribution in [3.63, 3.8) is 0 Å². The predicted molar refractivity (Wildman–Crippen MR) is 79.9 cm³/mol. The van der Waals surface area contributed by atoms with E-state index in [2.05, 4.69) is 31.1 Å². The summed E-state index contributed by atoms with van der Waals surface area (Å²) in [5.74, 6) is 3.02. The minimum atomic E-state index is 0.893. The van der Waals surface area contributed by atoms with Crippen molar-refractivity contribution < 1.29 is 0 Å². The van der Waals surface area contributed by atoms with Gasteiger partial charge in [0.25, 0.3) is 0 Å². The summed E-state index contributed by atoms with van der Waals surface area (Å²) in [6.45, 7) is 8.50. The van der Waals surface area contributed by atoms with E-state index in [0.29, 0.717) is 0 Å². The van der Waals surface area contributed by atoms with Gasteiger partial charge in [0, 0.05) is 24.0 Å². The molecular formula is C14H25N3S. The molecule has 1 aromatic rings. The molecule has 1 N–H and O–H groups in total. The third-order valence-electron chi connectivity index (χ3n) is 2.67. The van der Waals surface area contributed by atoms with Crippen LogP contribution in [0.4, 0.5) is 0 Å². The number of hydrogen-bond acceptors (Lipinski definition) is 4. The highest BCUT2D eigenvalue weighted by Crippen LogP contribution is 2.12. The normalized spacial score (nSPS) is 10.8. The van der Waals surface area contributed by atoms with Crippen LogP contribution in [0.25, 0.3) is 0 Å². The van der Waals surface area contributed by atoms with Crippen LogP contribution in [0.5, 0.6) is 0 Å². The molecule has 4 heteroatoms. The molecule has 3 nitrogen and oxygen atoms in total. The van der Waals surface area contributed by atoms with Crippen LogP contribution >= 0.6 is 11.8 Å². The lowest BCUT2D eigenvalue weighted by Gasteiger charge is -2.10. The standard InChI is InChI=1S/C14H25N3S/c1-4-7-13-12(9-15-8-5-2)10-16-14(17-13)11-18-6-3/h10,15H,4-9,11H2,1-3H3. The van der Waals surface area contributed by atoms with E-state index >= 15 is 0 Å². The fourth-order valence-electron chi connectivity index (χ4n) is 1.75. The smallest absolute Gasteiger partial charge is 0.138 e. The van der Waals surface area contributed by atoms with Gasteiger partial charge in [0.2, 0.25) is 0 Å². The Morgan fingerprint density at radius 1 is 1.22 bits per heavy atom. The Hall–Kier alpha value is -0.610. The first-order valence-corrected chi connectivity index (χ1v) is 8.09. The third-order valence-corrected chi connectivity index (χ3v) is 3.54. The number of hydrogen-bond donors (Lipinski definition) is 1. The Kier molecular flexibility index (Phi) is 8.01. The van der Waals surface area contributed by atoms with Gasteiger partial charge in [0.15, 0.2) is 0 Å². The summed E-state index contributed by atoms with van der Waals surface area (Å²) in [5, 5.41) is 3.43. The molecule has 1 heterocycles. The van der Waals surface area contributed by atoms with Crippen molar-refractivity contribution >= 4 is 11.8 Å². The van der Waals surface area contributed by atoms with Crippen molar-refractivity contribution in [3.05, 3.63) is 23.3 Å². The van der Waals surface area contributed by atoms with Crippen molar-refractivity contribution in [2.24, 2.45) is 0 Å². The van der Waals surface area contributed by atoms with E-state index < -0.39 is 0 Å². The molecule has 1 aromatic heterocycles. The van der Waals surface area contributed by atoms with Gasteiger partial charge in [-0.1, -0.05) is 27.2 Å². The number of rotatable bonds is 9. The Bertz CT molecular complexity index is 342. The summed E-state index contributed by atoms with van der Waals surface area (Å²) >= 11 is 1.87. The summed E-state index contributed by atoms with van der Waals surface area (Å²) in [4.78, 5) is 9.17. The molecule has 0 unspecified atom stereocenters. The Morgan fingerprint density at radius 2 is 2.06 bits per heavy atom.